The summed E-state index contributed by atoms with van der Waals surface area (Å²) >= 11 is 0. The van der Waals surface area contributed by atoms with Crippen molar-refractivity contribution in [2.45, 2.75) is 24.7 Å². The number of hydrogen-bond acceptors (Lipinski definition) is 4. The average molecular weight is 147 g/mol. The van der Waals surface area contributed by atoms with Crippen LogP contribution in [0.2, 0.25) is 0 Å². The zero-order valence-corrected chi connectivity index (χ0v) is 5.73. The van der Waals surface area contributed by atoms with Crippen LogP contribution in [0.1, 0.15) is 6.42 Å². The Morgan fingerprint density at radius 1 is 1.60 bits per heavy atom. The Hall–Kier alpha value is -0.160. The minimum absolute atomic E-state index is 0.0854. The molecule has 0 aliphatic carbocycles. The molecule has 0 aromatic carbocycles. The van der Waals surface area contributed by atoms with Crippen LogP contribution < -0.4 is 5.73 Å². The first-order chi connectivity index (χ1) is 4.74. The van der Waals surface area contributed by atoms with E-state index in [2.05, 4.69) is 0 Å². The molecule has 1 rings (SSSR count). The summed E-state index contributed by atoms with van der Waals surface area (Å²) in [5.41, 5.74) is 5.48. The molecule has 0 bridgehead atoms. The van der Waals surface area contributed by atoms with Crippen molar-refractivity contribution < 1.29 is 14.9 Å². The van der Waals surface area contributed by atoms with E-state index in [-0.39, 0.29) is 12.6 Å². The van der Waals surface area contributed by atoms with Crippen molar-refractivity contribution in [1.82, 2.24) is 0 Å². The monoisotopic (exact) mass is 147 g/mol. The predicted octanol–water partition coefficient (Wildman–Crippen LogP) is -1.54. The smallest absolute Gasteiger partial charge is 0.106 e. The maximum absolute atomic E-state index is 9.17. The minimum atomic E-state index is -0.603. The van der Waals surface area contributed by atoms with E-state index in [1.807, 2.05) is 0 Å². The standard InChI is InChI=1S/C6H13NO3/c7-4-1-5(9)6(2-8)10-3-4/h4-6,8-9H,1-3,7H2/t4-,5-,6+/m0/s1. The van der Waals surface area contributed by atoms with Crippen molar-refractivity contribution in [2.75, 3.05) is 13.2 Å². The molecule has 4 N–H and O–H groups in total. The van der Waals surface area contributed by atoms with Crippen molar-refractivity contribution in [3.8, 4) is 0 Å². The summed E-state index contributed by atoms with van der Waals surface area (Å²) in [5.74, 6) is 0. The largest absolute Gasteiger partial charge is 0.394 e. The van der Waals surface area contributed by atoms with Crippen molar-refractivity contribution in [1.29, 1.82) is 0 Å². The fourth-order valence-electron chi connectivity index (χ4n) is 1.06. The van der Waals surface area contributed by atoms with Gasteiger partial charge in [0.25, 0.3) is 0 Å². The van der Waals surface area contributed by atoms with Gasteiger partial charge in [0.1, 0.15) is 6.10 Å². The first kappa shape index (κ1) is 7.94. The maximum atomic E-state index is 9.17. The van der Waals surface area contributed by atoms with E-state index in [0.717, 1.165) is 0 Å². The molecule has 0 aromatic rings. The molecule has 1 aliphatic heterocycles. The number of ether oxygens (including phenoxy) is 1. The van der Waals surface area contributed by atoms with Gasteiger partial charge in [0, 0.05) is 6.04 Å². The van der Waals surface area contributed by atoms with Crippen LogP contribution in [-0.2, 0) is 4.74 Å². The highest BCUT2D eigenvalue weighted by Gasteiger charge is 2.26. The first-order valence-corrected chi connectivity index (χ1v) is 3.40. The SMILES string of the molecule is N[C@@H]1CO[C@H](CO)[C@@H](O)C1. The Balaban J connectivity index is 2.36. The van der Waals surface area contributed by atoms with Crippen LogP contribution in [0, 0.1) is 0 Å². The van der Waals surface area contributed by atoms with Gasteiger partial charge in [0.15, 0.2) is 0 Å². The van der Waals surface area contributed by atoms with E-state index >= 15 is 0 Å². The highest BCUT2D eigenvalue weighted by Crippen LogP contribution is 2.12. The van der Waals surface area contributed by atoms with Crippen molar-refractivity contribution in [2.24, 2.45) is 5.73 Å². The Kier molecular flexibility index (Phi) is 2.62. The molecule has 0 amide bonds. The summed E-state index contributed by atoms with van der Waals surface area (Å²) in [6, 6.07) is -0.0854. The summed E-state index contributed by atoms with van der Waals surface area (Å²) < 4.78 is 5.03. The molecule has 1 fully saturated rings. The second-order valence-electron chi connectivity index (χ2n) is 2.62. The quantitative estimate of drug-likeness (QED) is 0.420. The van der Waals surface area contributed by atoms with Gasteiger partial charge in [-0.3, -0.25) is 0 Å². The Morgan fingerprint density at radius 3 is 2.80 bits per heavy atom. The lowest BCUT2D eigenvalue weighted by Gasteiger charge is -2.30. The first-order valence-electron chi connectivity index (χ1n) is 3.40. The van der Waals surface area contributed by atoms with E-state index in [1.54, 1.807) is 0 Å². The summed E-state index contributed by atoms with van der Waals surface area (Å²) in [5, 5.41) is 17.8. The molecule has 0 spiro atoms. The molecule has 4 nitrogen and oxygen atoms in total. The van der Waals surface area contributed by atoms with Gasteiger partial charge in [0.2, 0.25) is 0 Å². The van der Waals surface area contributed by atoms with Gasteiger partial charge in [-0.05, 0) is 6.42 Å². The Labute approximate surface area is 59.6 Å². The maximum Gasteiger partial charge on any atom is 0.106 e. The van der Waals surface area contributed by atoms with Gasteiger partial charge in [-0.1, -0.05) is 0 Å². The molecule has 0 saturated carbocycles. The van der Waals surface area contributed by atoms with Crippen LogP contribution in [0.15, 0.2) is 0 Å². The Bertz CT molecular complexity index is 109. The molecule has 0 radical (unpaired) electrons. The highest BCUT2D eigenvalue weighted by molar-refractivity contribution is 4.79. The van der Waals surface area contributed by atoms with Crippen LogP contribution >= 0.6 is 0 Å². The topological polar surface area (TPSA) is 75.7 Å². The molecule has 1 aliphatic rings. The summed E-state index contributed by atoms with van der Waals surface area (Å²) in [6.45, 7) is 0.302. The summed E-state index contributed by atoms with van der Waals surface area (Å²) in [6.07, 6.45) is -0.515. The van der Waals surface area contributed by atoms with Gasteiger partial charge in [-0.2, -0.15) is 0 Å². The van der Waals surface area contributed by atoms with E-state index in [4.69, 9.17) is 15.6 Å². The van der Waals surface area contributed by atoms with Crippen molar-refractivity contribution >= 4 is 0 Å². The van der Waals surface area contributed by atoms with Gasteiger partial charge >= 0.3 is 0 Å². The zero-order valence-electron chi connectivity index (χ0n) is 5.73. The average Bonchev–Trinajstić information content (AvgIpc) is 1.88. The van der Waals surface area contributed by atoms with E-state index in [1.165, 1.54) is 0 Å². The normalized spacial score (nSPS) is 41.7. The molecule has 4 heteroatoms. The number of aliphatic hydroxyl groups excluding tert-OH is 2. The van der Waals surface area contributed by atoms with E-state index in [9.17, 15) is 5.11 Å². The Morgan fingerprint density at radius 2 is 2.30 bits per heavy atom. The van der Waals surface area contributed by atoms with Crippen LogP contribution in [0.4, 0.5) is 0 Å². The van der Waals surface area contributed by atoms with Gasteiger partial charge < -0.3 is 20.7 Å². The van der Waals surface area contributed by atoms with Crippen molar-refractivity contribution in [3.63, 3.8) is 0 Å². The van der Waals surface area contributed by atoms with Gasteiger partial charge in [0.05, 0.1) is 19.3 Å². The second kappa shape index (κ2) is 3.30. The number of nitrogens with two attached hydrogens (primary N) is 1. The molecular formula is C6H13NO3. The molecule has 3 atom stereocenters. The van der Waals surface area contributed by atoms with Crippen LogP contribution in [0.25, 0.3) is 0 Å². The van der Waals surface area contributed by atoms with Crippen LogP contribution in [0.3, 0.4) is 0 Å². The molecule has 10 heavy (non-hydrogen) atoms. The molecule has 0 unspecified atom stereocenters. The fraction of sp³-hybridized carbons (Fsp3) is 1.00. The molecule has 1 heterocycles. The predicted molar refractivity (Wildman–Crippen MR) is 35.4 cm³/mol. The molecule has 1 saturated heterocycles. The third-order valence-corrected chi connectivity index (χ3v) is 1.68. The lowest BCUT2D eigenvalue weighted by atomic mass is 10.0. The number of hydrogen-bond donors (Lipinski definition) is 3. The van der Waals surface area contributed by atoms with E-state index < -0.39 is 12.2 Å². The van der Waals surface area contributed by atoms with Gasteiger partial charge in [-0.15, -0.1) is 0 Å². The third-order valence-electron chi connectivity index (χ3n) is 1.68. The number of rotatable bonds is 1. The lowest BCUT2D eigenvalue weighted by Crippen LogP contribution is -2.46. The number of aliphatic hydroxyl groups is 2. The van der Waals surface area contributed by atoms with Crippen LogP contribution in [-0.4, -0.2) is 41.7 Å². The van der Waals surface area contributed by atoms with Crippen LogP contribution in [0.5, 0.6) is 0 Å². The molecule has 60 valence electrons. The lowest BCUT2D eigenvalue weighted by molar-refractivity contribution is -0.101. The summed E-state index contributed by atoms with van der Waals surface area (Å²) in [7, 11) is 0. The van der Waals surface area contributed by atoms with Crippen molar-refractivity contribution in [3.05, 3.63) is 0 Å². The molecular weight excluding hydrogens is 134 g/mol. The second-order valence-corrected chi connectivity index (χ2v) is 2.62. The minimum Gasteiger partial charge on any atom is -0.394 e. The zero-order chi connectivity index (χ0) is 7.56. The highest BCUT2D eigenvalue weighted by atomic mass is 16.5. The fourth-order valence-corrected chi connectivity index (χ4v) is 1.06. The summed E-state index contributed by atoms with van der Waals surface area (Å²) in [4.78, 5) is 0. The molecule has 0 aromatic heterocycles. The van der Waals surface area contributed by atoms with Gasteiger partial charge in [-0.25, -0.2) is 0 Å². The third kappa shape index (κ3) is 1.67. The van der Waals surface area contributed by atoms with E-state index in [0.29, 0.717) is 13.0 Å².